The molecule has 8 nitrogen and oxygen atoms in total. The number of pyridine rings is 1. The third-order valence-corrected chi connectivity index (χ3v) is 4.21. The number of halogens is 2. The monoisotopic (exact) mass is 347 g/mol. The fourth-order valence-corrected chi connectivity index (χ4v) is 2.94. The fraction of sp³-hybridized carbons (Fsp3) is 0.333. The van der Waals surface area contributed by atoms with Gasteiger partial charge in [-0.05, 0) is 6.07 Å². The van der Waals surface area contributed by atoms with Crippen LogP contribution in [-0.2, 0) is 0 Å². The van der Waals surface area contributed by atoms with Gasteiger partial charge in [0.25, 0.3) is 12.2 Å². The first-order chi connectivity index (χ1) is 12.1. The first kappa shape index (κ1) is 15.5. The van der Waals surface area contributed by atoms with Gasteiger partial charge in [0.15, 0.2) is 0 Å². The molecule has 3 aromatic heterocycles. The summed E-state index contributed by atoms with van der Waals surface area (Å²) >= 11 is 0. The van der Waals surface area contributed by atoms with E-state index in [2.05, 4.69) is 25.0 Å². The van der Waals surface area contributed by atoms with Crippen LogP contribution >= 0.6 is 0 Å². The van der Waals surface area contributed by atoms with Crippen LogP contribution in [0.3, 0.4) is 0 Å². The zero-order chi connectivity index (χ0) is 17.4. The summed E-state index contributed by atoms with van der Waals surface area (Å²) in [7, 11) is 0. The van der Waals surface area contributed by atoms with Gasteiger partial charge in [-0.15, -0.1) is 0 Å². The number of hydrogen-bond acceptors (Lipinski definition) is 6. The third-order valence-electron chi connectivity index (χ3n) is 4.21. The molecule has 1 saturated heterocycles. The molecule has 0 saturated carbocycles. The van der Waals surface area contributed by atoms with Crippen molar-refractivity contribution >= 4 is 17.3 Å². The molecule has 3 aromatic rings. The highest BCUT2D eigenvalue weighted by Gasteiger charge is 2.22. The number of rotatable bonds is 3. The first-order valence-corrected chi connectivity index (χ1v) is 7.79. The van der Waals surface area contributed by atoms with E-state index in [1.807, 2.05) is 4.90 Å². The van der Waals surface area contributed by atoms with Crippen molar-refractivity contribution in [2.24, 2.45) is 0 Å². The maximum atomic E-state index is 13.1. The molecule has 1 fully saturated rings. The van der Waals surface area contributed by atoms with Crippen molar-refractivity contribution in [3.05, 3.63) is 46.8 Å². The average molecular weight is 347 g/mol. The first-order valence-electron chi connectivity index (χ1n) is 7.79. The van der Waals surface area contributed by atoms with Gasteiger partial charge in [0.2, 0.25) is 5.56 Å². The lowest BCUT2D eigenvalue weighted by Crippen LogP contribution is -2.47. The number of alkyl halides is 2. The molecule has 130 valence electrons. The van der Waals surface area contributed by atoms with E-state index in [4.69, 9.17) is 0 Å². The third kappa shape index (κ3) is 2.90. The van der Waals surface area contributed by atoms with Crippen LogP contribution in [0.5, 0.6) is 0 Å². The van der Waals surface area contributed by atoms with Crippen LogP contribution in [-0.4, -0.2) is 50.7 Å². The molecule has 0 atom stereocenters. The molecule has 0 unspecified atom stereocenters. The minimum absolute atomic E-state index is 0.146. The van der Waals surface area contributed by atoms with Gasteiger partial charge in [-0.2, -0.15) is 14.6 Å². The Hall–Kier alpha value is -3.04. The quantitative estimate of drug-likeness (QED) is 0.763. The van der Waals surface area contributed by atoms with Gasteiger partial charge in [0.05, 0.1) is 5.69 Å². The van der Waals surface area contributed by atoms with Gasteiger partial charge in [0.1, 0.15) is 17.8 Å². The smallest absolute Gasteiger partial charge is 0.280 e. The molecule has 25 heavy (non-hydrogen) atoms. The number of nitrogens with one attached hydrogen (secondary N) is 1. The van der Waals surface area contributed by atoms with Crippen molar-refractivity contribution in [2.45, 2.75) is 6.43 Å². The Morgan fingerprint density at radius 1 is 1.12 bits per heavy atom. The molecule has 1 N–H and O–H groups in total. The molecular weight excluding hydrogens is 332 g/mol. The van der Waals surface area contributed by atoms with Crippen LogP contribution in [0.4, 0.5) is 20.3 Å². The van der Waals surface area contributed by atoms with Crippen LogP contribution in [0.15, 0.2) is 35.5 Å². The van der Waals surface area contributed by atoms with Crippen molar-refractivity contribution < 1.29 is 8.78 Å². The number of hydrogen-bond donors (Lipinski definition) is 1. The molecule has 10 heteroatoms. The SMILES string of the molecule is O=c1ccc(N2CCN(c3cc(C(F)F)nc4ncnn34)CC2)c[nH]1. The molecule has 0 radical (unpaired) electrons. The van der Waals surface area contributed by atoms with Crippen molar-refractivity contribution in [1.82, 2.24) is 24.6 Å². The predicted molar refractivity (Wildman–Crippen MR) is 87.2 cm³/mol. The second-order valence-electron chi connectivity index (χ2n) is 5.70. The van der Waals surface area contributed by atoms with E-state index in [1.54, 1.807) is 12.3 Å². The van der Waals surface area contributed by atoms with Crippen LogP contribution < -0.4 is 15.4 Å². The van der Waals surface area contributed by atoms with Gasteiger partial charge in [-0.25, -0.2) is 13.8 Å². The van der Waals surface area contributed by atoms with Crippen LogP contribution in [0.2, 0.25) is 0 Å². The molecule has 1 aliphatic rings. The minimum atomic E-state index is -2.66. The molecule has 1 aliphatic heterocycles. The number of fused-ring (bicyclic) bond motifs is 1. The largest absolute Gasteiger partial charge is 0.367 e. The molecule has 4 rings (SSSR count). The van der Waals surface area contributed by atoms with Gasteiger partial charge in [-0.3, -0.25) is 4.79 Å². The second kappa shape index (κ2) is 6.11. The van der Waals surface area contributed by atoms with Crippen molar-refractivity contribution in [2.75, 3.05) is 36.0 Å². The molecule has 4 heterocycles. The molecular formula is C15H15F2N7O. The fourth-order valence-electron chi connectivity index (χ4n) is 2.94. The maximum Gasteiger partial charge on any atom is 0.280 e. The number of piperazine rings is 1. The highest BCUT2D eigenvalue weighted by molar-refractivity contribution is 5.51. The maximum absolute atomic E-state index is 13.1. The lowest BCUT2D eigenvalue weighted by atomic mass is 10.2. The second-order valence-corrected chi connectivity index (χ2v) is 5.70. The van der Waals surface area contributed by atoms with Crippen LogP contribution in [0.25, 0.3) is 5.78 Å². The Morgan fingerprint density at radius 2 is 1.88 bits per heavy atom. The van der Waals surface area contributed by atoms with Gasteiger partial charge in [-0.1, -0.05) is 0 Å². The zero-order valence-corrected chi connectivity index (χ0v) is 13.1. The van der Waals surface area contributed by atoms with E-state index < -0.39 is 6.43 Å². The van der Waals surface area contributed by atoms with E-state index >= 15 is 0 Å². The van der Waals surface area contributed by atoms with E-state index in [1.165, 1.54) is 23.0 Å². The Labute approximate surface area is 140 Å². The minimum Gasteiger partial charge on any atom is -0.367 e. The van der Waals surface area contributed by atoms with Gasteiger partial charge >= 0.3 is 0 Å². The highest BCUT2D eigenvalue weighted by Crippen LogP contribution is 2.24. The van der Waals surface area contributed by atoms with Gasteiger partial charge in [0, 0.05) is 44.5 Å². The van der Waals surface area contributed by atoms with Crippen molar-refractivity contribution in [1.29, 1.82) is 0 Å². The van der Waals surface area contributed by atoms with E-state index in [9.17, 15) is 13.6 Å². The highest BCUT2D eigenvalue weighted by atomic mass is 19.3. The van der Waals surface area contributed by atoms with Crippen LogP contribution in [0, 0.1) is 0 Å². The lowest BCUT2D eigenvalue weighted by molar-refractivity contribution is 0.146. The summed E-state index contributed by atoms with van der Waals surface area (Å²) in [5.74, 6) is 0.717. The standard InChI is InChI=1S/C15H15F2N7O/c16-14(17)11-7-13(24-15(21-11)19-9-20-24)23-5-3-22(4-6-23)10-1-2-12(25)18-8-10/h1-2,7-9,14H,3-6H2,(H,18,25). The number of nitrogens with zero attached hydrogens (tertiary/aromatic N) is 6. The Balaban J connectivity index is 1.58. The Morgan fingerprint density at radius 3 is 2.56 bits per heavy atom. The predicted octanol–water partition coefficient (Wildman–Crippen LogP) is 1.08. The number of H-pyrrole nitrogens is 1. The molecule has 0 aliphatic carbocycles. The normalized spacial score (nSPS) is 15.3. The van der Waals surface area contributed by atoms with Gasteiger partial charge < -0.3 is 14.8 Å². The molecule has 0 spiro atoms. The van der Waals surface area contributed by atoms with Crippen LogP contribution in [0.1, 0.15) is 12.1 Å². The Kier molecular flexibility index (Phi) is 3.79. The average Bonchev–Trinajstić information content (AvgIpc) is 3.10. The zero-order valence-electron chi connectivity index (χ0n) is 13.1. The van der Waals surface area contributed by atoms with Crippen molar-refractivity contribution in [3.8, 4) is 0 Å². The van der Waals surface area contributed by atoms with E-state index in [0.29, 0.717) is 32.0 Å². The number of aromatic amines is 1. The summed E-state index contributed by atoms with van der Waals surface area (Å²) in [5.41, 5.74) is 0.471. The summed E-state index contributed by atoms with van der Waals surface area (Å²) in [6, 6.07) is 4.62. The Bertz CT molecular complexity index is 926. The summed E-state index contributed by atoms with van der Waals surface area (Å²) in [4.78, 5) is 25.7. The summed E-state index contributed by atoms with van der Waals surface area (Å²) in [6.45, 7) is 2.63. The topological polar surface area (TPSA) is 82.4 Å². The lowest BCUT2D eigenvalue weighted by Gasteiger charge is -2.37. The summed E-state index contributed by atoms with van der Waals surface area (Å²) in [5, 5.41) is 4.08. The molecule has 0 aromatic carbocycles. The number of anilines is 2. The van der Waals surface area contributed by atoms with E-state index in [0.717, 1.165) is 5.69 Å². The molecule has 0 amide bonds. The van der Waals surface area contributed by atoms with Crippen molar-refractivity contribution in [3.63, 3.8) is 0 Å². The van der Waals surface area contributed by atoms with E-state index in [-0.39, 0.29) is 17.0 Å². The molecule has 0 bridgehead atoms. The summed E-state index contributed by atoms with van der Waals surface area (Å²) < 4.78 is 27.7. The summed E-state index contributed by atoms with van der Waals surface area (Å²) in [6.07, 6.45) is 0.315. The number of aromatic nitrogens is 5.